The third-order valence-corrected chi connectivity index (χ3v) is 3.11. The Morgan fingerprint density at radius 2 is 2.10 bits per heavy atom. The predicted molar refractivity (Wildman–Crippen MR) is 47.3 cm³/mol. The minimum atomic E-state index is -3.25. The molecule has 0 amide bonds. The van der Waals surface area contributed by atoms with Crippen molar-refractivity contribution in [2.24, 2.45) is 0 Å². The summed E-state index contributed by atoms with van der Waals surface area (Å²) in [6, 6.07) is 0. The van der Waals surface area contributed by atoms with Crippen molar-refractivity contribution in [3.63, 3.8) is 0 Å². The largest absolute Gasteiger partial charge is 0.232 e. The lowest BCUT2D eigenvalue weighted by Crippen LogP contribution is -1.98. The summed E-state index contributed by atoms with van der Waals surface area (Å²) < 4.78 is 20.7. The van der Waals surface area contributed by atoms with Gasteiger partial charge in [-0.3, -0.25) is 0 Å². The van der Waals surface area contributed by atoms with Crippen LogP contribution in [0, 0.1) is 0 Å². The van der Waals surface area contributed by atoms with Crippen molar-refractivity contribution in [3.8, 4) is 0 Å². The first-order valence-electron chi connectivity index (χ1n) is 3.06. The Balaban J connectivity index is 3.21. The zero-order valence-corrected chi connectivity index (χ0v) is 8.23. The highest BCUT2D eigenvalue weighted by Gasteiger charge is 2.02. The van der Waals surface area contributed by atoms with Crippen LogP contribution in [0.4, 0.5) is 0 Å². The van der Waals surface area contributed by atoms with Gasteiger partial charge in [-0.1, -0.05) is 6.92 Å². The standard InChI is InChI=1S/C5H11ClO2S2/c1-2-9-4-3-5-10(6,7)8/h2-5H2,1H3. The number of halogens is 1. The lowest BCUT2D eigenvalue weighted by atomic mass is 10.6. The third-order valence-electron chi connectivity index (χ3n) is 0.881. The van der Waals surface area contributed by atoms with Gasteiger partial charge in [0.25, 0.3) is 0 Å². The van der Waals surface area contributed by atoms with E-state index in [1.54, 1.807) is 11.8 Å². The number of hydrogen-bond acceptors (Lipinski definition) is 3. The van der Waals surface area contributed by atoms with Crippen molar-refractivity contribution in [1.82, 2.24) is 0 Å². The normalized spacial score (nSPS) is 11.8. The Kier molecular flexibility index (Phi) is 5.58. The van der Waals surface area contributed by atoms with Gasteiger partial charge in [0.1, 0.15) is 0 Å². The molecule has 5 heteroatoms. The molecule has 0 aliphatic rings. The van der Waals surface area contributed by atoms with Crippen LogP contribution in [0.25, 0.3) is 0 Å². The Hall–Kier alpha value is 0.590. The summed E-state index contributed by atoms with van der Waals surface area (Å²) >= 11 is 1.73. The number of hydrogen-bond donors (Lipinski definition) is 0. The summed E-state index contributed by atoms with van der Waals surface area (Å²) in [4.78, 5) is 0. The van der Waals surface area contributed by atoms with Gasteiger partial charge in [-0.05, 0) is 17.9 Å². The zero-order chi connectivity index (χ0) is 8.04. The lowest BCUT2D eigenvalue weighted by molar-refractivity contribution is 0.608. The van der Waals surface area contributed by atoms with Gasteiger partial charge in [0.2, 0.25) is 9.05 Å². The van der Waals surface area contributed by atoms with Gasteiger partial charge in [-0.2, -0.15) is 11.8 Å². The molecule has 0 aromatic rings. The van der Waals surface area contributed by atoms with Crippen LogP contribution in [0.3, 0.4) is 0 Å². The van der Waals surface area contributed by atoms with Crippen LogP contribution in [-0.4, -0.2) is 25.7 Å². The average molecular weight is 203 g/mol. The fraction of sp³-hybridized carbons (Fsp3) is 1.00. The molecule has 0 bridgehead atoms. The Morgan fingerprint density at radius 3 is 2.50 bits per heavy atom. The van der Waals surface area contributed by atoms with Crippen LogP contribution in [-0.2, 0) is 9.05 Å². The van der Waals surface area contributed by atoms with E-state index in [1.807, 2.05) is 6.92 Å². The first kappa shape index (κ1) is 10.6. The van der Waals surface area contributed by atoms with Gasteiger partial charge in [-0.25, -0.2) is 8.42 Å². The maximum absolute atomic E-state index is 10.4. The molecule has 0 aliphatic carbocycles. The van der Waals surface area contributed by atoms with Crippen LogP contribution in [0.2, 0.25) is 0 Å². The van der Waals surface area contributed by atoms with Crippen LogP contribution in [0.5, 0.6) is 0 Å². The molecule has 0 saturated carbocycles. The van der Waals surface area contributed by atoms with Gasteiger partial charge < -0.3 is 0 Å². The van der Waals surface area contributed by atoms with E-state index in [-0.39, 0.29) is 5.75 Å². The topological polar surface area (TPSA) is 34.1 Å². The van der Waals surface area contributed by atoms with E-state index >= 15 is 0 Å². The van der Waals surface area contributed by atoms with E-state index < -0.39 is 9.05 Å². The van der Waals surface area contributed by atoms with Crippen LogP contribution in [0.15, 0.2) is 0 Å². The van der Waals surface area contributed by atoms with Crippen molar-refractivity contribution in [2.75, 3.05) is 17.3 Å². The highest BCUT2D eigenvalue weighted by molar-refractivity contribution is 8.13. The highest BCUT2D eigenvalue weighted by Crippen LogP contribution is 2.05. The molecule has 0 spiro atoms. The van der Waals surface area contributed by atoms with Crippen LogP contribution in [0.1, 0.15) is 13.3 Å². The summed E-state index contributed by atoms with van der Waals surface area (Å²) in [6.07, 6.45) is 0.657. The minimum Gasteiger partial charge on any atom is -0.212 e. The Morgan fingerprint density at radius 1 is 1.50 bits per heavy atom. The van der Waals surface area contributed by atoms with E-state index in [4.69, 9.17) is 10.7 Å². The SMILES string of the molecule is CCSCCCS(=O)(=O)Cl. The molecule has 0 unspecified atom stereocenters. The smallest absolute Gasteiger partial charge is 0.212 e. The maximum Gasteiger partial charge on any atom is 0.232 e. The average Bonchev–Trinajstić information content (AvgIpc) is 1.78. The lowest BCUT2D eigenvalue weighted by Gasteiger charge is -1.94. The van der Waals surface area contributed by atoms with Gasteiger partial charge in [0.15, 0.2) is 0 Å². The zero-order valence-electron chi connectivity index (χ0n) is 5.84. The Bertz CT molecular complexity index is 164. The van der Waals surface area contributed by atoms with Crippen molar-refractivity contribution in [1.29, 1.82) is 0 Å². The molecule has 0 aliphatic heterocycles. The molecule has 62 valence electrons. The molecule has 0 fully saturated rings. The summed E-state index contributed by atoms with van der Waals surface area (Å²) in [7, 11) is 1.73. The van der Waals surface area contributed by atoms with Crippen LogP contribution >= 0.6 is 22.4 Å². The molecular formula is C5H11ClO2S2. The molecule has 0 atom stereocenters. The molecule has 0 radical (unpaired) electrons. The minimum absolute atomic E-state index is 0.0988. The van der Waals surface area contributed by atoms with Crippen molar-refractivity contribution in [3.05, 3.63) is 0 Å². The van der Waals surface area contributed by atoms with Gasteiger partial charge in [0.05, 0.1) is 5.75 Å². The third kappa shape index (κ3) is 8.59. The summed E-state index contributed by atoms with van der Waals surface area (Å²) in [5.74, 6) is 2.01. The second-order valence-corrected chi connectivity index (χ2v) is 6.08. The van der Waals surface area contributed by atoms with Gasteiger partial charge in [0, 0.05) is 10.7 Å². The molecule has 0 aromatic heterocycles. The van der Waals surface area contributed by atoms with E-state index in [1.165, 1.54) is 0 Å². The van der Waals surface area contributed by atoms with E-state index in [0.29, 0.717) is 6.42 Å². The molecule has 0 saturated heterocycles. The molecule has 0 heterocycles. The highest BCUT2D eigenvalue weighted by atomic mass is 35.7. The van der Waals surface area contributed by atoms with Crippen molar-refractivity contribution >= 4 is 31.5 Å². The second-order valence-electron chi connectivity index (χ2n) is 1.79. The summed E-state index contributed by atoms with van der Waals surface area (Å²) in [6.45, 7) is 2.04. The molecular weight excluding hydrogens is 192 g/mol. The predicted octanol–water partition coefficient (Wildman–Crippen LogP) is 1.70. The first-order chi connectivity index (χ1) is 4.56. The first-order valence-corrected chi connectivity index (χ1v) is 6.69. The van der Waals surface area contributed by atoms with E-state index in [9.17, 15) is 8.42 Å². The fourth-order valence-electron chi connectivity index (χ4n) is 0.478. The van der Waals surface area contributed by atoms with Crippen LogP contribution < -0.4 is 0 Å². The Labute approximate surface area is 70.8 Å². The molecule has 2 nitrogen and oxygen atoms in total. The molecule has 0 N–H and O–H groups in total. The molecule has 0 aromatic carbocycles. The quantitative estimate of drug-likeness (QED) is 0.503. The maximum atomic E-state index is 10.4. The van der Waals surface area contributed by atoms with E-state index in [2.05, 4.69) is 0 Å². The monoisotopic (exact) mass is 202 g/mol. The molecule has 0 rings (SSSR count). The molecule has 10 heavy (non-hydrogen) atoms. The van der Waals surface area contributed by atoms with Crippen molar-refractivity contribution in [2.45, 2.75) is 13.3 Å². The van der Waals surface area contributed by atoms with E-state index in [0.717, 1.165) is 11.5 Å². The van der Waals surface area contributed by atoms with Gasteiger partial charge >= 0.3 is 0 Å². The van der Waals surface area contributed by atoms with Crippen molar-refractivity contribution < 1.29 is 8.42 Å². The number of thioether (sulfide) groups is 1. The fourth-order valence-corrected chi connectivity index (χ4v) is 2.11. The van der Waals surface area contributed by atoms with Gasteiger partial charge in [-0.15, -0.1) is 0 Å². The summed E-state index contributed by atoms with van der Waals surface area (Å²) in [5, 5.41) is 0. The second kappa shape index (κ2) is 5.27. The number of rotatable bonds is 5. The summed E-state index contributed by atoms with van der Waals surface area (Å²) in [5.41, 5.74) is 0.